The molecule has 0 atom stereocenters. The van der Waals surface area contributed by atoms with E-state index in [1.54, 1.807) is 24.2 Å². The van der Waals surface area contributed by atoms with Gasteiger partial charge in [-0.15, -0.1) is 6.42 Å². The summed E-state index contributed by atoms with van der Waals surface area (Å²) in [6.07, 6.45) is 7.02. The third-order valence-corrected chi connectivity index (χ3v) is 4.65. The molecule has 7 heteroatoms. The molecular weight excluding hydrogens is 358 g/mol. The van der Waals surface area contributed by atoms with Crippen LogP contribution in [0, 0.1) is 12.3 Å². The first-order chi connectivity index (χ1) is 12.1. The average molecular weight is 377 g/mol. The van der Waals surface area contributed by atoms with Crippen molar-refractivity contribution >= 4 is 40.3 Å². The van der Waals surface area contributed by atoms with Gasteiger partial charge in [0.1, 0.15) is 10.9 Å². The van der Waals surface area contributed by atoms with Crippen LogP contribution in [0.2, 0.25) is 0 Å². The Balaban J connectivity index is 2.22. The van der Waals surface area contributed by atoms with Gasteiger partial charge in [0, 0.05) is 7.11 Å². The molecule has 0 unspecified atom stereocenters. The van der Waals surface area contributed by atoms with Gasteiger partial charge in [-0.05, 0) is 30.7 Å². The predicted octanol–water partition coefficient (Wildman–Crippen LogP) is 2.94. The summed E-state index contributed by atoms with van der Waals surface area (Å²) in [6.45, 7) is 3.43. The molecule has 132 valence electrons. The minimum absolute atomic E-state index is 0.113. The molecule has 0 aromatic heterocycles. The number of carbonyl (C=O) groups is 1. The molecule has 1 aromatic rings. The highest BCUT2D eigenvalue weighted by Crippen LogP contribution is 2.34. The molecular formula is C18H19NO4S2. The Bertz CT molecular complexity index is 724. The predicted molar refractivity (Wildman–Crippen MR) is 104 cm³/mol. The summed E-state index contributed by atoms with van der Waals surface area (Å²) in [4.78, 5) is 14.6. The van der Waals surface area contributed by atoms with Crippen LogP contribution in [0.5, 0.6) is 11.5 Å². The second-order valence-electron chi connectivity index (χ2n) is 4.96. The van der Waals surface area contributed by atoms with Crippen molar-refractivity contribution in [2.45, 2.75) is 6.92 Å². The van der Waals surface area contributed by atoms with E-state index in [4.69, 9.17) is 32.9 Å². The maximum Gasteiger partial charge on any atom is 0.266 e. The Morgan fingerprint density at radius 1 is 1.36 bits per heavy atom. The van der Waals surface area contributed by atoms with Gasteiger partial charge in [0.15, 0.2) is 11.5 Å². The number of rotatable bonds is 8. The molecule has 25 heavy (non-hydrogen) atoms. The average Bonchev–Trinajstić information content (AvgIpc) is 2.86. The van der Waals surface area contributed by atoms with E-state index in [9.17, 15) is 4.79 Å². The maximum atomic E-state index is 12.5. The van der Waals surface area contributed by atoms with Crippen LogP contribution in [0.1, 0.15) is 12.5 Å². The Kier molecular flexibility index (Phi) is 7.31. The van der Waals surface area contributed by atoms with Crippen molar-refractivity contribution in [1.29, 1.82) is 0 Å². The van der Waals surface area contributed by atoms with Gasteiger partial charge in [0.05, 0.1) is 24.7 Å². The molecule has 0 N–H and O–H groups in total. The lowest BCUT2D eigenvalue weighted by Gasteiger charge is -2.13. The van der Waals surface area contributed by atoms with Crippen LogP contribution in [-0.2, 0) is 9.53 Å². The van der Waals surface area contributed by atoms with Gasteiger partial charge in [-0.1, -0.05) is 36.0 Å². The van der Waals surface area contributed by atoms with Crippen LogP contribution in [0.3, 0.4) is 0 Å². The SMILES string of the molecule is C#CCOc1ccc(/C=C2\SC(=S)N(CCOC)C2=O)cc1OCC. The highest BCUT2D eigenvalue weighted by molar-refractivity contribution is 8.26. The van der Waals surface area contributed by atoms with Gasteiger partial charge >= 0.3 is 0 Å². The maximum absolute atomic E-state index is 12.5. The van der Waals surface area contributed by atoms with E-state index in [1.807, 2.05) is 19.1 Å². The Morgan fingerprint density at radius 3 is 2.84 bits per heavy atom. The number of ether oxygens (including phenoxy) is 3. The lowest BCUT2D eigenvalue weighted by atomic mass is 10.2. The molecule has 2 rings (SSSR count). The molecule has 1 fully saturated rings. The minimum atomic E-state index is -0.113. The minimum Gasteiger partial charge on any atom is -0.490 e. The van der Waals surface area contributed by atoms with E-state index in [0.29, 0.717) is 40.5 Å². The summed E-state index contributed by atoms with van der Waals surface area (Å²) >= 11 is 6.55. The normalized spacial score (nSPS) is 15.6. The van der Waals surface area contributed by atoms with E-state index in [-0.39, 0.29) is 12.5 Å². The molecule has 1 aromatic carbocycles. The lowest BCUT2D eigenvalue weighted by molar-refractivity contribution is -0.122. The van der Waals surface area contributed by atoms with E-state index >= 15 is 0 Å². The van der Waals surface area contributed by atoms with Crippen molar-refractivity contribution < 1.29 is 19.0 Å². The van der Waals surface area contributed by atoms with Gasteiger partial charge in [-0.2, -0.15) is 0 Å². The summed E-state index contributed by atoms with van der Waals surface area (Å²) in [5, 5.41) is 0. The lowest BCUT2D eigenvalue weighted by Crippen LogP contribution is -2.31. The van der Waals surface area contributed by atoms with Crippen molar-refractivity contribution in [3.05, 3.63) is 28.7 Å². The summed E-state index contributed by atoms with van der Waals surface area (Å²) in [5.41, 5.74) is 0.823. The summed E-state index contributed by atoms with van der Waals surface area (Å²) in [5.74, 6) is 3.47. The molecule has 1 aliphatic rings. The number of methoxy groups -OCH3 is 1. The number of hydrogen-bond donors (Lipinski definition) is 0. The number of thiocarbonyl (C=S) groups is 1. The molecule has 1 aliphatic heterocycles. The van der Waals surface area contributed by atoms with Crippen molar-refractivity contribution in [2.24, 2.45) is 0 Å². The zero-order chi connectivity index (χ0) is 18.2. The number of carbonyl (C=O) groups excluding carboxylic acids is 1. The molecule has 0 bridgehead atoms. The molecule has 0 saturated carbocycles. The van der Waals surface area contributed by atoms with Crippen LogP contribution in [-0.4, -0.2) is 48.6 Å². The number of amides is 1. The fourth-order valence-corrected chi connectivity index (χ4v) is 3.46. The van der Waals surface area contributed by atoms with Crippen LogP contribution in [0.15, 0.2) is 23.1 Å². The van der Waals surface area contributed by atoms with Gasteiger partial charge in [0.2, 0.25) is 0 Å². The third kappa shape index (κ3) is 4.98. The third-order valence-electron chi connectivity index (χ3n) is 3.27. The first-order valence-electron chi connectivity index (χ1n) is 7.68. The van der Waals surface area contributed by atoms with Gasteiger partial charge in [-0.25, -0.2) is 0 Å². The van der Waals surface area contributed by atoms with Crippen molar-refractivity contribution in [3.63, 3.8) is 0 Å². The summed E-state index contributed by atoms with van der Waals surface area (Å²) in [6, 6.07) is 5.44. The quantitative estimate of drug-likeness (QED) is 0.394. The number of terminal acetylenes is 1. The van der Waals surface area contributed by atoms with Crippen LogP contribution < -0.4 is 9.47 Å². The number of thioether (sulfide) groups is 1. The molecule has 1 saturated heterocycles. The molecule has 0 spiro atoms. The van der Waals surface area contributed by atoms with E-state index in [2.05, 4.69) is 5.92 Å². The highest BCUT2D eigenvalue weighted by Gasteiger charge is 2.31. The largest absolute Gasteiger partial charge is 0.490 e. The van der Waals surface area contributed by atoms with E-state index in [0.717, 1.165) is 5.56 Å². The zero-order valence-corrected chi connectivity index (χ0v) is 15.7. The Hall–Kier alpha value is -2.01. The topological polar surface area (TPSA) is 48.0 Å². The Labute approximate surface area is 157 Å². The van der Waals surface area contributed by atoms with Gasteiger partial charge in [0.25, 0.3) is 5.91 Å². The Morgan fingerprint density at radius 2 is 2.16 bits per heavy atom. The van der Waals surface area contributed by atoms with Crippen LogP contribution in [0.4, 0.5) is 0 Å². The molecule has 0 radical (unpaired) electrons. The standard InChI is InChI=1S/C18H19NO4S2/c1-4-9-23-14-7-6-13(11-15(14)22-5-2)12-16-17(20)19(8-10-21-3)18(24)25-16/h1,6-7,11-12H,5,8-10H2,2-3H3/b16-12-. The van der Waals surface area contributed by atoms with Crippen molar-refractivity contribution in [1.82, 2.24) is 4.90 Å². The van der Waals surface area contributed by atoms with E-state index < -0.39 is 0 Å². The van der Waals surface area contributed by atoms with Crippen LogP contribution >= 0.6 is 24.0 Å². The van der Waals surface area contributed by atoms with Crippen LogP contribution in [0.25, 0.3) is 6.08 Å². The van der Waals surface area contributed by atoms with Crippen molar-refractivity contribution in [2.75, 3.05) is 33.5 Å². The number of nitrogens with zero attached hydrogens (tertiary/aromatic N) is 1. The number of benzene rings is 1. The fourth-order valence-electron chi connectivity index (χ4n) is 2.15. The number of hydrogen-bond acceptors (Lipinski definition) is 6. The van der Waals surface area contributed by atoms with Gasteiger partial charge < -0.3 is 14.2 Å². The molecule has 1 heterocycles. The second-order valence-corrected chi connectivity index (χ2v) is 6.63. The molecule has 1 amide bonds. The van der Waals surface area contributed by atoms with Gasteiger partial charge in [-0.3, -0.25) is 9.69 Å². The van der Waals surface area contributed by atoms with E-state index in [1.165, 1.54) is 11.8 Å². The summed E-state index contributed by atoms with van der Waals surface area (Å²) in [7, 11) is 1.59. The summed E-state index contributed by atoms with van der Waals surface area (Å²) < 4.78 is 16.6. The zero-order valence-electron chi connectivity index (χ0n) is 14.1. The highest BCUT2D eigenvalue weighted by atomic mass is 32.2. The fraction of sp³-hybridized carbons (Fsp3) is 0.333. The first kappa shape index (κ1) is 19.3. The smallest absolute Gasteiger partial charge is 0.266 e. The first-order valence-corrected chi connectivity index (χ1v) is 8.90. The molecule has 0 aliphatic carbocycles. The second kappa shape index (κ2) is 9.47. The molecule has 5 nitrogen and oxygen atoms in total. The monoisotopic (exact) mass is 377 g/mol. The van der Waals surface area contributed by atoms with Crippen molar-refractivity contribution in [3.8, 4) is 23.8 Å².